The van der Waals surface area contributed by atoms with E-state index in [4.69, 9.17) is 9.52 Å². The normalized spacial score (nSPS) is 10.9. The van der Waals surface area contributed by atoms with Crippen LogP contribution in [0, 0.1) is 6.92 Å². The number of aromatic nitrogens is 1. The maximum absolute atomic E-state index is 12.0. The van der Waals surface area contributed by atoms with Crippen molar-refractivity contribution in [3.63, 3.8) is 0 Å². The van der Waals surface area contributed by atoms with Gasteiger partial charge in [0, 0.05) is 0 Å². The number of aryl methyl sites for hydroxylation is 1. The van der Waals surface area contributed by atoms with Gasteiger partial charge < -0.3 is 9.52 Å². The fourth-order valence-corrected chi connectivity index (χ4v) is 2.31. The molecule has 1 heterocycles. The summed E-state index contributed by atoms with van der Waals surface area (Å²) in [6.07, 6.45) is 0. The first kappa shape index (κ1) is 13.2. The van der Waals surface area contributed by atoms with Crippen molar-refractivity contribution in [2.75, 3.05) is 0 Å². The van der Waals surface area contributed by atoms with E-state index >= 15 is 0 Å². The maximum Gasteiger partial charge on any atom is 0.420 e. The zero-order valence-corrected chi connectivity index (χ0v) is 11.4. The van der Waals surface area contributed by atoms with Crippen LogP contribution in [0.15, 0.2) is 51.7 Å². The molecule has 0 saturated heterocycles. The molecule has 0 aliphatic carbocycles. The van der Waals surface area contributed by atoms with Gasteiger partial charge in [0.2, 0.25) is 0 Å². The van der Waals surface area contributed by atoms with Gasteiger partial charge in [-0.05, 0) is 42.3 Å². The van der Waals surface area contributed by atoms with Gasteiger partial charge in [-0.2, -0.15) is 0 Å². The van der Waals surface area contributed by atoms with Crippen LogP contribution in [-0.4, -0.2) is 15.6 Å². The topological polar surface area (TPSA) is 72.4 Å². The third kappa shape index (κ3) is 2.45. The van der Waals surface area contributed by atoms with E-state index in [0.29, 0.717) is 11.1 Å². The number of benzene rings is 2. The summed E-state index contributed by atoms with van der Waals surface area (Å²) in [7, 11) is 0. The third-order valence-corrected chi connectivity index (χ3v) is 3.34. The smallest absolute Gasteiger partial charge is 0.420 e. The molecule has 1 N–H and O–H groups in total. The first-order valence-electron chi connectivity index (χ1n) is 6.47. The Kier molecular flexibility index (Phi) is 3.10. The van der Waals surface area contributed by atoms with Crippen LogP contribution in [0.25, 0.3) is 11.1 Å². The monoisotopic (exact) mass is 283 g/mol. The summed E-state index contributed by atoms with van der Waals surface area (Å²) in [6, 6.07) is 12.1. The average Bonchev–Trinajstić information content (AvgIpc) is 2.74. The lowest BCUT2D eigenvalue weighted by atomic mass is 10.1. The average molecular weight is 283 g/mol. The van der Waals surface area contributed by atoms with Crippen LogP contribution in [0.5, 0.6) is 0 Å². The van der Waals surface area contributed by atoms with Gasteiger partial charge in [-0.1, -0.05) is 18.2 Å². The third-order valence-electron chi connectivity index (χ3n) is 3.34. The summed E-state index contributed by atoms with van der Waals surface area (Å²) in [5.41, 5.74) is 3.18. The highest BCUT2D eigenvalue weighted by Gasteiger charge is 2.11. The number of carboxylic acid groups (broad SMARTS) is 1. The Labute approximate surface area is 120 Å². The fourth-order valence-electron chi connectivity index (χ4n) is 2.31. The molecule has 0 aliphatic heterocycles. The van der Waals surface area contributed by atoms with Crippen molar-refractivity contribution in [2.45, 2.75) is 13.5 Å². The molecule has 0 bridgehead atoms. The number of oxazole rings is 1. The highest BCUT2D eigenvalue weighted by Crippen LogP contribution is 2.16. The van der Waals surface area contributed by atoms with Crippen molar-refractivity contribution >= 4 is 17.1 Å². The highest BCUT2D eigenvalue weighted by molar-refractivity contribution is 5.87. The van der Waals surface area contributed by atoms with Crippen LogP contribution in [0.4, 0.5) is 0 Å². The first-order chi connectivity index (χ1) is 10.0. The Morgan fingerprint density at radius 2 is 2.05 bits per heavy atom. The van der Waals surface area contributed by atoms with Crippen LogP contribution < -0.4 is 5.76 Å². The number of rotatable bonds is 3. The second-order valence-electron chi connectivity index (χ2n) is 4.93. The summed E-state index contributed by atoms with van der Waals surface area (Å²) >= 11 is 0. The van der Waals surface area contributed by atoms with E-state index in [1.807, 2.05) is 19.1 Å². The summed E-state index contributed by atoms with van der Waals surface area (Å²) in [5.74, 6) is -1.44. The number of carbonyl (C=O) groups is 1. The van der Waals surface area contributed by atoms with Gasteiger partial charge >= 0.3 is 11.7 Å². The minimum absolute atomic E-state index is 0.198. The molecule has 0 fully saturated rings. The molecule has 0 atom stereocenters. The molecule has 3 aromatic rings. The van der Waals surface area contributed by atoms with Crippen molar-refractivity contribution in [1.82, 2.24) is 4.57 Å². The van der Waals surface area contributed by atoms with E-state index in [0.717, 1.165) is 11.1 Å². The molecule has 0 amide bonds. The molecule has 0 radical (unpaired) electrons. The van der Waals surface area contributed by atoms with Crippen LogP contribution >= 0.6 is 0 Å². The Morgan fingerprint density at radius 3 is 2.81 bits per heavy atom. The van der Waals surface area contributed by atoms with Gasteiger partial charge in [0.1, 0.15) is 0 Å². The Bertz CT molecular complexity index is 889. The molecule has 3 rings (SSSR count). The molecule has 0 saturated carbocycles. The zero-order valence-electron chi connectivity index (χ0n) is 11.4. The molecule has 21 heavy (non-hydrogen) atoms. The van der Waals surface area contributed by atoms with E-state index in [1.54, 1.807) is 24.3 Å². The van der Waals surface area contributed by atoms with Gasteiger partial charge in [0.25, 0.3) is 0 Å². The van der Waals surface area contributed by atoms with Gasteiger partial charge in [-0.25, -0.2) is 9.59 Å². The lowest BCUT2D eigenvalue weighted by molar-refractivity contribution is 0.0696. The second-order valence-corrected chi connectivity index (χ2v) is 4.93. The van der Waals surface area contributed by atoms with E-state index < -0.39 is 11.7 Å². The van der Waals surface area contributed by atoms with Gasteiger partial charge in [-0.15, -0.1) is 0 Å². The molecule has 0 unspecified atom stereocenters. The molecule has 0 aliphatic rings. The minimum atomic E-state index is -0.989. The number of aromatic carboxylic acids is 1. The summed E-state index contributed by atoms with van der Waals surface area (Å²) in [5, 5.41) is 9.01. The van der Waals surface area contributed by atoms with Crippen LogP contribution in [0.2, 0.25) is 0 Å². The standard InChI is InChI=1S/C16H13NO4/c1-10-5-6-13-14(7-10)21-16(20)17(13)9-11-3-2-4-12(8-11)15(18)19/h2-8H,9H2,1H3,(H,18,19). The molecular weight excluding hydrogens is 270 g/mol. The van der Waals surface area contributed by atoms with E-state index in [-0.39, 0.29) is 12.1 Å². The molecule has 0 spiro atoms. The maximum atomic E-state index is 12.0. The Balaban J connectivity index is 2.06. The Morgan fingerprint density at radius 1 is 1.24 bits per heavy atom. The summed E-state index contributed by atoms with van der Waals surface area (Å²) < 4.78 is 6.72. The molecular formula is C16H13NO4. The lowest BCUT2D eigenvalue weighted by Crippen LogP contribution is -2.15. The lowest BCUT2D eigenvalue weighted by Gasteiger charge is -2.04. The van der Waals surface area contributed by atoms with E-state index in [9.17, 15) is 9.59 Å². The number of nitrogens with zero attached hydrogens (tertiary/aromatic N) is 1. The first-order valence-corrected chi connectivity index (χ1v) is 6.47. The molecule has 2 aromatic carbocycles. The summed E-state index contributed by atoms with van der Waals surface area (Å²) in [4.78, 5) is 22.9. The number of carboxylic acids is 1. The van der Waals surface area contributed by atoms with E-state index in [2.05, 4.69) is 0 Å². The highest BCUT2D eigenvalue weighted by atomic mass is 16.4. The number of hydrogen-bond acceptors (Lipinski definition) is 3. The van der Waals surface area contributed by atoms with Gasteiger partial charge in [0.05, 0.1) is 17.6 Å². The van der Waals surface area contributed by atoms with E-state index in [1.165, 1.54) is 10.6 Å². The quantitative estimate of drug-likeness (QED) is 0.802. The summed E-state index contributed by atoms with van der Waals surface area (Å²) in [6.45, 7) is 2.20. The molecule has 5 heteroatoms. The van der Waals surface area contributed by atoms with Crippen LogP contribution in [0.3, 0.4) is 0 Å². The van der Waals surface area contributed by atoms with Gasteiger partial charge in [-0.3, -0.25) is 4.57 Å². The predicted molar refractivity (Wildman–Crippen MR) is 77.7 cm³/mol. The number of hydrogen-bond donors (Lipinski definition) is 1. The Hall–Kier alpha value is -2.82. The fraction of sp³-hybridized carbons (Fsp3) is 0.125. The predicted octanol–water partition coefficient (Wildman–Crippen LogP) is 2.65. The van der Waals surface area contributed by atoms with Crippen molar-refractivity contribution in [2.24, 2.45) is 0 Å². The SMILES string of the molecule is Cc1ccc2c(c1)oc(=O)n2Cc1cccc(C(=O)O)c1. The van der Waals surface area contributed by atoms with Crippen LogP contribution in [0.1, 0.15) is 21.5 Å². The molecule has 1 aromatic heterocycles. The van der Waals surface area contributed by atoms with Gasteiger partial charge in [0.15, 0.2) is 5.58 Å². The zero-order chi connectivity index (χ0) is 15.0. The van der Waals surface area contributed by atoms with Crippen molar-refractivity contribution < 1.29 is 14.3 Å². The van der Waals surface area contributed by atoms with Crippen molar-refractivity contribution in [3.05, 3.63) is 69.7 Å². The number of fused-ring (bicyclic) bond motifs is 1. The molecule has 5 nitrogen and oxygen atoms in total. The largest absolute Gasteiger partial charge is 0.478 e. The van der Waals surface area contributed by atoms with Crippen LogP contribution in [-0.2, 0) is 6.54 Å². The minimum Gasteiger partial charge on any atom is -0.478 e. The van der Waals surface area contributed by atoms with Crippen molar-refractivity contribution in [3.8, 4) is 0 Å². The second kappa shape index (κ2) is 4.94. The van der Waals surface area contributed by atoms with Crippen molar-refractivity contribution in [1.29, 1.82) is 0 Å². The molecule has 106 valence electrons.